The van der Waals surface area contributed by atoms with E-state index in [-0.39, 0.29) is 11.8 Å². The number of fused-ring (bicyclic) bond motifs is 1. The normalized spacial score (nSPS) is 17.1. The lowest BCUT2D eigenvalue weighted by atomic mass is 9.89. The quantitative estimate of drug-likeness (QED) is 0.937. The van der Waals surface area contributed by atoms with Crippen molar-refractivity contribution in [2.75, 3.05) is 18.0 Å². The van der Waals surface area contributed by atoms with Crippen molar-refractivity contribution in [3.05, 3.63) is 65.7 Å². The van der Waals surface area contributed by atoms with Gasteiger partial charge in [-0.25, -0.2) is 0 Å². The number of nitrogens with zero attached hydrogens (tertiary/aromatic N) is 1. The standard InChI is InChI=1S/C18H20N2O/c1-2-20(15-9-4-3-5-10-15)18(21)17-13-19-12-14-8-6-7-11-16(14)17/h3-11,17,19H,2,12-13H2,1H3. The highest BCUT2D eigenvalue weighted by molar-refractivity contribution is 5.98. The zero-order chi connectivity index (χ0) is 14.7. The summed E-state index contributed by atoms with van der Waals surface area (Å²) < 4.78 is 0. The number of hydrogen-bond donors (Lipinski definition) is 1. The number of para-hydroxylation sites is 1. The fourth-order valence-electron chi connectivity index (χ4n) is 2.98. The fourth-order valence-corrected chi connectivity index (χ4v) is 2.98. The molecule has 108 valence electrons. The van der Waals surface area contributed by atoms with Gasteiger partial charge in [-0.3, -0.25) is 4.79 Å². The summed E-state index contributed by atoms with van der Waals surface area (Å²) in [4.78, 5) is 14.8. The van der Waals surface area contributed by atoms with Crippen LogP contribution in [0.5, 0.6) is 0 Å². The van der Waals surface area contributed by atoms with E-state index >= 15 is 0 Å². The molecule has 0 saturated carbocycles. The predicted octanol–water partition coefficient (Wildman–Crippen LogP) is 2.93. The van der Waals surface area contributed by atoms with Gasteiger partial charge >= 0.3 is 0 Å². The Hall–Kier alpha value is -2.13. The second-order valence-electron chi connectivity index (χ2n) is 5.30. The van der Waals surface area contributed by atoms with Gasteiger partial charge in [0.15, 0.2) is 0 Å². The number of rotatable bonds is 3. The molecule has 1 atom stereocenters. The second kappa shape index (κ2) is 6.10. The maximum atomic E-state index is 13.0. The Bertz CT molecular complexity index is 624. The van der Waals surface area contributed by atoms with Crippen molar-refractivity contribution in [2.24, 2.45) is 0 Å². The molecule has 1 heterocycles. The van der Waals surface area contributed by atoms with Gasteiger partial charge in [-0.1, -0.05) is 42.5 Å². The van der Waals surface area contributed by atoms with Crippen LogP contribution in [0.15, 0.2) is 54.6 Å². The Morgan fingerprint density at radius 1 is 1.14 bits per heavy atom. The summed E-state index contributed by atoms with van der Waals surface area (Å²) in [6.07, 6.45) is 0. The number of anilines is 1. The van der Waals surface area contributed by atoms with Gasteiger partial charge in [0.05, 0.1) is 5.92 Å². The van der Waals surface area contributed by atoms with Crippen LogP contribution in [0.25, 0.3) is 0 Å². The van der Waals surface area contributed by atoms with Gasteiger partial charge in [0.25, 0.3) is 0 Å². The molecule has 2 aromatic carbocycles. The predicted molar refractivity (Wildman–Crippen MR) is 85.4 cm³/mol. The molecule has 1 N–H and O–H groups in total. The van der Waals surface area contributed by atoms with Gasteiger partial charge in [-0.05, 0) is 30.2 Å². The van der Waals surface area contributed by atoms with Crippen molar-refractivity contribution < 1.29 is 4.79 Å². The average Bonchev–Trinajstić information content (AvgIpc) is 2.56. The summed E-state index contributed by atoms with van der Waals surface area (Å²) in [6.45, 7) is 4.26. The molecule has 0 aromatic heterocycles. The summed E-state index contributed by atoms with van der Waals surface area (Å²) in [5, 5.41) is 3.35. The Kier molecular flexibility index (Phi) is 4.02. The first-order valence-corrected chi connectivity index (χ1v) is 7.46. The molecule has 21 heavy (non-hydrogen) atoms. The van der Waals surface area contributed by atoms with Crippen LogP contribution in [0.2, 0.25) is 0 Å². The number of amides is 1. The van der Waals surface area contributed by atoms with Crippen molar-refractivity contribution in [2.45, 2.75) is 19.4 Å². The number of nitrogens with one attached hydrogen (secondary N) is 1. The fraction of sp³-hybridized carbons (Fsp3) is 0.278. The highest BCUT2D eigenvalue weighted by Gasteiger charge is 2.29. The number of carbonyl (C=O) groups is 1. The number of likely N-dealkylation sites (N-methyl/N-ethyl adjacent to an activating group) is 1. The van der Waals surface area contributed by atoms with E-state index in [1.54, 1.807) is 0 Å². The Morgan fingerprint density at radius 2 is 1.86 bits per heavy atom. The van der Waals surface area contributed by atoms with Gasteiger partial charge in [0, 0.05) is 25.3 Å². The molecule has 0 spiro atoms. The van der Waals surface area contributed by atoms with Gasteiger partial charge < -0.3 is 10.2 Å². The average molecular weight is 280 g/mol. The van der Waals surface area contributed by atoms with Crippen LogP contribution < -0.4 is 10.2 Å². The van der Waals surface area contributed by atoms with Crippen LogP contribution >= 0.6 is 0 Å². The molecule has 3 heteroatoms. The van der Waals surface area contributed by atoms with Crippen molar-refractivity contribution in [3.63, 3.8) is 0 Å². The van der Waals surface area contributed by atoms with Gasteiger partial charge in [-0.15, -0.1) is 0 Å². The molecular formula is C18H20N2O. The van der Waals surface area contributed by atoms with Crippen LogP contribution in [-0.2, 0) is 11.3 Å². The third-order valence-electron chi connectivity index (χ3n) is 4.04. The summed E-state index contributed by atoms with van der Waals surface area (Å²) in [7, 11) is 0. The van der Waals surface area contributed by atoms with E-state index in [4.69, 9.17) is 0 Å². The van der Waals surface area contributed by atoms with Gasteiger partial charge in [0.1, 0.15) is 0 Å². The lowest BCUT2D eigenvalue weighted by molar-refractivity contribution is -0.120. The van der Waals surface area contributed by atoms with E-state index in [0.29, 0.717) is 13.1 Å². The van der Waals surface area contributed by atoms with Gasteiger partial charge in [-0.2, -0.15) is 0 Å². The maximum absolute atomic E-state index is 13.0. The maximum Gasteiger partial charge on any atom is 0.235 e. The minimum Gasteiger partial charge on any atom is -0.312 e. The topological polar surface area (TPSA) is 32.3 Å². The molecule has 1 aliphatic rings. The second-order valence-corrected chi connectivity index (χ2v) is 5.30. The van der Waals surface area contributed by atoms with Crippen LogP contribution in [0, 0.1) is 0 Å². The van der Waals surface area contributed by atoms with Crippen molar-refractivity contribution in [1.82, 2.24) is 5.32 Å². The third kappa shape index (κ3) is 2.69. The zero-order valence-corrected chi connectivity index (χ0v) is 12.3. The molecule has 0 aliphatic carbocycles. The number of carbonyl (C=O) groups excluding carboxylic acids is 1. The molecule has 0 bridgehead atoms. The molecule has 2 aromatic rings. The highest BCUT2D eigenvalue weighted by atomic mass is 16.2. The van der Waals surface area contributed by atoms with E-state index in [2.05, 4.69) is 17.4 Å². The zero-order valence-electron chi connectivity index (χ0n) is 12.3. The van der Waals surface area contributed by atoms with Crippen LogP contribution in [0.4, 0.5) is 5.69 Å². The number of hydrogen-bond acceptors (Lipinski definition) is 2. The van der Waals surface area contributed by atoms with Crippen molar-refractivity contribution >= 4 is 11.6 Å². The van der Waals surface area contributed by atoms with E-state index in [0.717, 1.165) is 17.8 Å². The molecule has 0 radical (unpaired) electrons. The van der Waals surface area contributed by atoms with E-state index < -0.39 is 0 Å². The Balaban J connectivity index is 1.92. The minimum absolute atomic E-state index is 0.102. The van der Waals surface area contributed by atoms with Crippen LogP contribution in [0.1, 0.15) is 24.0 Å². The lowest BCUT2D eigenvalue weighted by Gasteiger charge is -2.30. The summed E-state index contributed by atoms with van der Waals surface area (Å²) >= 11 is 0. The van der Waals surface area contributed by atoms with Crippen molar-refractivity contribution in [1.29, 1.82) is 0 Å². The van der Waals surface area contributed by atoms with E-state index in [1.165, 1.54) is 5.56 Å². The largest absolute Gasteiger partial charge is 0.312 e. The van der Waals surface area contributed by atoms with E-state index in [9.17, 15) is 4.79 Å². The molecular weight excluding hydrogens is 260 g/mol. The first-order chi connectivity index (χ1) is 10.3. The van der Waals surface area contributed by atoms with Gasteiger partial charge in [0.2, 0.25) is 5.91 Å². The molecule has 0 saturated heterocycles. The molecule has 1 amide bonds. The third-order valence-corrected chi connectivity index (χ3v) is 4.04. The SMILES string of the molecule is CCN(C(=O)C1CNCc2ccccc21)c1ccccc1. The highest BCUT2D eigenvalue weighted by Crippen LogP contribution is 2.27. The smallest absolute Gasteiger partial charge is 0.235 e. The number of benzene rings is 2. The molecule has 3 rings (SSSR count). The molecule has 1 aliphatic heterocycles. The molecule has 1 unspecified atom stereocenters. The van der Waals surface area contributed by atoms with Crippen molar-refractivity contribution in [3.8, 4) is 0 Å². The summed E-state index contributed by atoms with van der Waals surface area (Å²) in [5.41, 5.74) is 3.36. The summed E-state index contributed by atoms with van der Waals surface area (Å²) in [6, 6.07) is 18.1. The molecule has 0 fully saturated rings. The van der Waals surface area contributed by atoms with Crippen LogP contribution in [-0.4, -0.2) is 19.0 Å². The Labute approximate surface area is 125 Å². The van der Waals surface area contributed by atoms with Crippen LogP contribution in [0.3, 0.4) is 0 Å². The first kappa shape index (κ1) is 13.8. The lowest BCUT2D eigenvalue weighted by Crippen LogP contribution is -2.41. The Morgan fingerprint density at radius 3 is 2.62 bits per heavy atom. The molecule has 3 nitrogen and oxygen atoms in total. The minimum atomic E-state index is -0.102. The monoisotopic (exact) mass is 280 g/mol. The summed E-state index contributed by atoms with van der Waals surface area (Å²) in [5.74, 6) is 0.0680. The first-order valence-electron chi connectivity index (χ1n) is 7.46. The van der Waals surface area contributed by atoms with E-state index in [1.807, 2.05) is 54.3 Å².